The molecule has 6 heteroatoms. The van der Waals surface area contributed by atoms with Crippen LogP contribution in [0, 0.1) is 0 Å². The molecule has 0 aliphatic carbocycles. The second-order valence-electron chi connectivity index (χ2n) is 4.01. The first-order chi connectivity index (χ1) is 8.63. The summed E-state index contributed by atoms with van der Waals surface area (Å²) in [4.78, 5) is 0. The van der Waals surface area contributed by atoms with E-state index in [0.29, 0.717) is 25.3 Å². The van der Waals surface area contributed by atoms with E-state index in [0.717, 1.165) is 11.3 Å². The Hall–Kier alpha value is -1.34. The highest BCUT2D eigenvalue weighted by atomic mass is 16.5. The van der Waals surface area contributed by atoms with E-state index in [1.165, 1.54) is 0 Å². The van der Waals surface area contributed by atoms with Crippen molar-refractivity contribution in [3.8, 4) is 0 Å². The molecule has 0 fully saturated rings. The Morgan fingerprint density at radius 2 is 2.00 bits per heavy atom. The van der Waals surface area contributed by atoms with Gasteiger partial charge in [0.1, 0.15) is 0 Å². The van der Waals surface area contributed by atoms with Gasteiger partial charge in [-0.25, -0.2) is 0 Å². The van der Waals surface area contributed by atoms with Crippen molar-refractivity contribution in [2.75, 3.05) is 30.7 Å². The molecule has 0 saturated heterocycles. The molecule has 7 N–H and O–H groups in total. The number of hydrogen-bond donors (Lipinski definition) is 6. The number of aliphatic hydroxyl groups excluding tert-OH is 2. The molecule has 0 saturated carbocycles. The van der Waals surface area contributed by atoms with E-state index in [1.54, 1.807) is 6.07 Å². The highest BCUT2D eigenvalue weighted by Crippen LogP contribution is 2.17. The Balaban J connectivity index is 2.51. The number of nitrogens with two attached hydrogens (primary N) is 1. The molecule has 0 atom stereocenters. The van der Waals surface area contributed by atoms with Crippen molar-refractivity contribution in [1.29, 1.82) is 0 Å². The van der Waals surface area contributed by atoms with Crippen molar-refractivity contribution in [2.45, 2.75) is 19.3 Å². The quantitative estimate of drug-likeness (QED) is 0.211. The fraction of sp³-hybridized carbons (Fsp3) is 0.500. The summed E-state index contributed by atoms with van der Waals surface area (Å²) in [5.74, 6) is 0. The summed E-state index contributed by atoms with van der Waals surface area (Å²) in [5.41, 5.74) is 8.35. The van der Waals surface area contributed by atoms with Gasteiger partial charge in [0.25, 0.3) is 0 Å². The van der Waals surface area contributed by atoms with Crippen LogP contribution in [0.1, 0.15) is 12.0 Å². The van der Waals surface area contributed by atoms with E-state index < -0.39 is 6.29 Å². The van der Waals surface area contributed by atoms with Crippen molar-refractivity contribution < 1.29 is 15.3 Å². The third-order valence-electron chi connectivity index (χ3n) is 2.48. The van der Waals surface area contributed by atoms with Gasteiger partial charge < -0.3 is 31.7 Å². The molecule has 6 nitrogen and oxygen atoms in total. The zero-order valence-corrected chi connectivity index (χ0v) is 10.3. The van der Waals surface area contributed by atoms with Crippen LogP contribution in [0.25, 0.3) is 0 Å². The normalized spacial score (nSPS) is 10.9. The smallest absolute Gasteiger partial charge is 0.153 e. The minimum Gasteiger partial charge on any atom is -0.398 e. The van der Waals surface area contributed by atoms with Gasteiger partial charge in [-0.3, -0.25) is 0 Å². The van der Waals surface area contributed by atoms with Gasteiger partial charge in [-0.15, -0.1) is 0 Å². The zero-order chi connectivity index (χ0) is 13.4. The maximum atomic E-state index is 8.73. The molecule has 0 unspecified atom stereocenters. The molecule has 1 aromatic carbocycles. The highest BCUT2D eigenvalue weighted by Gasteiger charge is 2.02. The molecule has 1 aromatic rings. The average Bonchev–Trinajstić information content (AvgIpc) is 2.33. The number of anilines is 2. The van der Waals surface area contributed by atoms with E-state index in [1.807, 2.05) is 12.1 Å². The number of nitrogens with one attached hydrogen (secondary N) is 2. The van der Waals surface area contributed by atoms with Crippen molar-refractivity contribution in [1.82, 2.24) is 5.32 Å². The lowest BCUT2D eigenvalue weighted by atomic mass is 10.1. The number of aliphatic hydroxyl groups is 3. The van der Waals surface area contributed by atoms with Gasteiger partial charge in [0.05, 0.1) is 6.61 Å². The molecule has 0 aromatic heterocycles. The molecule has 0 amide bonds. The first-order valence-electron chi connectivity index (χ1n) is 5.93. The third-order valence-corrected chi connectivity index (χ3v) is 2.48. The highest BCUT2D eigenvalue weighted by molar-refractivity contribution is 5.57. The van der Waals surface area contributed by atoms with E-state index in [2.05, 4.69) is 10.6 Å². The molecule has 0 radical (unpaired) electrons. The lowest BCUT2D eigenvalue weighted by molar-refractivity contribution is -0.0423. The summed E-state index contributed by atoms with van der Waals surface area (Å²) < 4.78 is 0. The van der Waals surface area contributed by atoms with E-state index in [4.69, 9.17) is 21.1 Å². The van der Waals surface area contributed by atoms with Crippen LogP contribution in [0.5, 0.6) is 0 Å². The van der Waals surface area contributed by atoms with Gasteiger partial charge in [-0.1, -0.05) is 0 Å². The van der Waals surface area contributed by atoms with Gasteiger partial charge in [-0.2, -0.15) is 0 Å². The lowest BCUT2D eigenvalue weighted by Gasteiger charge is -2.11. The SMILES string of the molecule is Nc1ccc(NCCC(O)O)cc1CNCCO. The van der Waals surface area contributed by atoms with Gasteiger partial charge in [-0.05, 0) is 23.8 Å². The summed E-state index contributed by atoms with van der Waals surface area (Å²) in [5, 5.41) is 32.3. The predicted octanol–water partition coefficient (Wildman–Crippen LogP) is -0.537. The number of benzene rings is 1. The Labute approximate surface area is 106 Å². The van der Waals surface area contributed by atoms with E-state index >= 15 is 0 Å². The molecule has 1 rings (SSSR count). The van der Waals surface area contributed by atoms with Crippen molar-refractivity contribution in [2.24, 2.45) is 0 Å². The summed E-state index contributed by atoms with van der Waals surface area (Å²) in [6, 6.07) is 5.55. The van der Waals surface area contributed by atoms with Gasteiger partial charge in [0.15, 0.2) is 6.29 Å². The summed E-state index contributed by atoms with van der Waals surface area (Å²) >= 11 is 0. The van der Waals surface area contributed by atoms with Crippen LogP contribution in [-0.4, -0.2) is 41.3 Å². The van der Waals surface area contributed by atoms with Crippen LogP contribution in [0.15, 0.2) is 18.2 Å². The second-order valence-corrected chi connectivity index (χ2v) is 4.01. The first kappa shape index (κ1) is 14.7. The van der Waals surface area contributed by atoms with Crippen molar-refractivity contribution >= 4 is 11.4 Å². The molecule has 0 aliphatic heterocycles. The summed E-state index contributed by atoms with van der Waals surface area (Å²) in [6.45, 7) is 1.68. The van der Waals surface area contributed by atoms with Crippen LogP contribution in [-0.2, 0) is 6.54 Å². The molecular formula is C12H21N3O3. The summed E-state index contributed by atoms with van der Waals surface area (Å²) in [6.07, 6.45) is -1.03. The first-order valence-corrected chi connectivity index (χ1v) is 5.93. The predicted molar refractivity (Wildman–Crippen MR) is 71.0 cm³/mol. The lowest BCUT2D eigenvalue weighted by Crippen LogP contribution is -2.18. The molecule has 0 bridgehead atoms. The van der Waals surface area contributed by atoms with Crippen molar-refractivity contribution in [3.63, 3.8) is 0 Å². The molecule has 0 heterocycles. The molecule has 0 spiro atoms. The average molecular weight is 255 g/mol. The standard InChI is InChI=1S/C12H21N3O3/c13-11-2-1-10(15-4-3-12(17)18)7-9(11)8-14-5-6-16/h1-2,7,12,14-18H,3-6,8,13H2. The minimum atomic E-state index is -1.29. The Morgan fingerprint density at radius 1 is 1.22 bits per heavy atom. The largest absolute Gasteiger partial charge is 0.398 e. The topological polar surface area (TPSA) is 111 Å². The van der Waals surface area contributed by atoms with Crippen LogP contribution in [0.2, 0.25) is 0 Å². The monoisotopic (exact) mass is 255 g/mol. The Kier molecular flexibility index (Phi) is 6.45. The molecular weight excluding hydrogens is 234 g/mol. The molecule has 102 valence electrons. The van der Waals surface area contributed by atoms with Crippen LogP contribution < -0.4 is 16.4 Å². The fourth-order valence-corrected chi connectivity index (χ4v) is 1.52. The van der Waals surface area contributed by atoms with E-state index in [-0.39, 0.29) is 13.0 Å². The van der Waals surface area contributed by atoms with Crippen LogP contribution in [0.4, 0.5) is 11.4 Å². The maximum Gasteiger partial charge on any atom is 0.153 e. The Bertz CT molecular complexity index is 358. The Morgan fingerprint density at radius 3 is 2.67 bits per heavy atom. The van der Waals surface area contributed by atoms with E-state index in [9.17, 15) is 0 Å². The molecule has 0 aliphatic rings. The van der Waals surface area contributed by atoms with Crippen molar-refractivity contribution in [3.05, 3.63) is 23.8 Å². The zero-order valence-electron chi connectivity index (χ0n) is 10.3. The summed E-state index contributed by atoms with van der Waals surface area (Å²) in [7, 11) is 0. The number of rotatable bonds is 8. The molecule has 18 heavy (non-hydrogen) atoms. The maximum absolute atomic E-state index is 8.73. The van der Waals surface area contributed by atoms with Gasteiger partial charge in [0, 0.05) is 37.4 Å². The number of nitrogen functional groups attached to an aromatic ring is 1. The van der Waals surface area contributed by atoms with Gasteiger partial charge in [0.2, 0.25) is 0 Å². The third kappa shape index (κ3) is 5.33. The van der Waals surface area contributed by atoms with Crippen LogP contribution in [0.3, 0.4) is 0 Å². The minimum absolute atomic E-state index is 0.0895. The fourth-order valence-electron chi connectivity index (χ4n) is 1.52. The number of hydrogen-bond acceptors (Lipinski definition) is 6. The van der Waals surface area contributed by atoms with Crippen LogP contribution >= 0.6 is 0 Å². The van der Waals surface area contributed by atoms with Gasteiger partial charge >= 0.3 is 0 Å². The second kappa shape index (κ2) is 7.88.